The Morgan fingerprint density at radius 1 is 1.33 bits per heavy atom. The molecule has 0 unspecified atom stereocenters. The van der Waals surface area contributed by atoms with Crippen LogP contribution < -0.4 is 5.32 Å². The molecular weight excluding hydrogens is 270 g/mol. The summed E-state index contributed by atoms with van der Waals surface area (Å²) in [5.41, 5.74) is 3.15. The van der Waals surface area contributed by atoms with Crippen molar-refractivity contribution in [1.29, 1.82) is 0 Å². The number of hydrogen-bond acceptors (Lipinski definition) is 4. The lowest BCUT2D eigenvalue weighted by molar-refractivity contribution is 0.0695. The predicted octanol–water partition coefficient (Wildman–Crippen LogP) is 1.55. The number of aromatic nitrogens is 2. The zero-order valence-corrected chi connectivity index (χ0v) is 12.2. The molecule has 0 aliphatic carbocycles. The molecule has 6 heteroatoms. The average Bonchev–Trinajstić information content (AvgIpc) is 2.83. The summed E-state index contributed by atoms with van der Waals surface area (Å²) >= 11 is 0. The van der Waals surface area contributed by atoms with E-state index in [-0.39, 0.29) is 5.56 Å². The number of rotatable bonds is 7. The molecule has 0 radical (unpaired) electrons. The number of carboxylic acid groups (broad SMARTS) is 1. The fourth-order valence-electron chi connectivity index (χ4n) is 2.19. The van der Waals surface area contributed by atoms with Crippen LogP contribution in [0.4, 0.5) is 0 Å². The Labute approximate surface area is 123 Å². The summed E-state index contributed by atoms with van der Waals surface area (Å²) in [5, 5.41) is 16.4. The van der Waals surface area contributed by atoms with Gasteiger partial charge in [-0.25, -0.2) is 4.79 Å². The van der Waals surface area contributed by atoms with Crippen molar-refractivity contribution in [2.45, 2.75) is 19.7 Å². The Bertz CT molecular complexity index is 622. The number of aromatic carboxylic acids is 1. The monoisotopic (exact) mass is 289 g/mol. The maximum absolute atomic E-state index is 11.1. The molecule has 0 saturated heterocycles. The lowest BCUT2D eigenvalue weighted by Gasteiger charge is -2.10. The molecule has 112 valence electrons. The molecule has 2 N–H and O–H groups in total. The van der Waals surface area contributed by atoms with Crippen LogP contribution in [-0.4, -0.2) is 28.0 Å². The normalized spacial score (nSPS) is 10.8. The Balaban J connectivity index is 2.02. The number of aryl methyl sites for hydroxylation is 1. The summed E-state index contributed by atoms with van der Waals surface area (Å²) < 4.78 is 6.75. The van der Waals surface area contributed by atoms with Gasteiger partial charge in [0.25, 0.3) is 0 Å². The second kappa shape index (κ2) is 7.01. The third kappa shape index (κ3) is 3.68. The molecule has 21 heavy (non-hydrogen) atoms. The van der Waals surface area contributed by atoms with Crippen LogP contribution in [0.2, 0.25) is 0 Å². The van der Waals surface area contributed by atoms with Gasteiger partial charge in [0.2, 0.25) is 0 Å². The molecule has 2 aromatic rings. The van der Waals surface area contributed by atoms with Gasteiger partial charge < -0.3 is 15.2 Å². The molecule has 0 fully saturated rings. The van der Waals surface area contributed by atoms with Crippen LogP contribution in [0.1, 0.15) is 27.2 Å². The minimum Gasteiger partial charge on any atom is -0.478 e. The number of nitrogens with one attached hydrogen (secondary N) is 1. The van der Waals surface area contributed by atoms with Gasteiger partial charge in [0.05, 0.1) is 18.5 Å². The largest absolute Gasteiger partial charge is 0.478 e. The van der Waals surface area contributed by atoms with E-state index < -0.39 is 5.97 Å². The Morgan fingerprint density at radius 2 is 2.05 bits per heavy atom. The van der Waals surface area contributed by atoms with Gasteiger partial charge in [-0.3, -0.25) is 4.68 Å². The molecule has 1 aromatic heterocycles. The quantitative estimate of drug-likeness (QED) is 0.809. The van der Waals surface area contributed by atoms with Crippen molar-refractivity contribution in [3.63, 3.8) is 0 Å². The molecule has 1 aromatic carbocycles. The highest BCUT2D eigenvalue weighted by molar-refractivity contribution is 5.88. The van der Waals surface area contributed by atoms with E-state index in [2.05, 4.69) is 10.4 Å². The van der Waals surface area contributed by atoms with Crippen LogP contribution in [0.25, 0.3) is 0 Å². The fourth-order valence-corrected chi connectivity index (χ4v) is 2.19. The fraction of sp³-hybridized carbons (Fsp3) is 0.333. The van der Waals surface area contributed by atoms with Crippen LogP contribution in [0.15, 0.2) is 30.5 Å². The van der Waals surface area contributed by atoms with E-state index in [0.717, 1.165) is 11.1 Å². The maximum atomic E-state index is 11.1. The first-order chi connectivity index (χ1) is 10.1. The summed E-state index contributed by atoms with van der Waals surface area (Å²) in [6, 6.07) is 8.00. The van der Waals surface area contributed by atoms with Crippen LogP contribution in [-0.2, 0) is 31.5 Å². The first-order valence-electron chi connectivity index (χ1n) is 6.64. The van der Waals surface area contributed by atoms with Crippen molar-refractivity contribution in [3.8, 4) is 0 Å². The molecule has 0 amide bonds. The molecule has 0 saturated carbocycles. The van der Waals surface area contributed by atoms with Gasteiger partial charge in [-0.05, 0) is 11.1 Å². The summed E-state index contributed by atoms with van der Waals surface area (Å²) in [6.07, 6.45) is 1.37. The van der Waals surface area contributed by atoms with Gasteiger partial charge in [0, 0.05) is 27.2 Å². The minimum atomic E-state index is -0.959. The van der Waals surface area contributed by atoms with Crippen molar-refractivity contribution in [3.05, 3.63) is 52.8 Å². The summed E-state index contributed by atoms with van der Waals surface area (Å²) in [6.45, 7) is 1.65. The van der Waals surface area contributed by atoms with Gasteiger partial charge in [-0.1, -0.05) is 24.3 Å². The summed E-state index contributed by atoms with van der Waals surface area (Å²) in [4.78, 5) is 11.1. The van der Waals surface area contributed by atoms with Crippen LogP contribution in [0.5, 0.6) is 0 Å². The molecular formula is C15H19N3O3. The third-order valence-corrected chi connectivity index (χ3v) is 3.32. The minimum absolute atomic E-state index is 0.232. The summed E-state index contributed by atoms with van der Waals surface area (Å²) in [5.74, 6) is -0.959. The second-order valence-corrected chi connectivity index (χ2v) is 4.74. The Kier molecular flexibility index (Phi) is 5.08. The SMILES string of the molecule is COCc1ccccc1CNCc1c(C(=O)O)cnn1C. The Morgan fingerprint density at radius 3 is 2.71 bits per heavy atom. The van der Waals surface area contributed by atoms with E-state index in [1.165, 1.54) is 6.20 Å². The topological polar surface area (TPSA) is 76.4 Å². The molecule has 0 bridgehead atoms. The number of benzene rings is 1. The van der Waals surface area contributed by atoms with Gasteiger partial charge in [-0.15, -0.1) is 0 Å². The van der Waals surface area contributed by atoms with E-state index in [4.69, 9.17) is 9.84 Å². The highest BCUT2D eigenvalue weighted by Crippen LogP contribution is 2.11. The Hall–Kier alpha value is -2.18. The highest BCUT2D eigenvalue weighted by atomic mass is 16.5. The van der Waals surface area contributed by atoms with E-state index in [9.17, 15) is 4.79 Å². The summed E-state index contributed by atoms with van der Waals surface area (Å²) in [7, 11) is 3.40. The predicted molar refractivity (Wildman–Crippen MR) is 77.9 cm³/mol. The average molecular weight is 289 g/mol. The van der Waals surface area contributed by atoms with Gasteiger partial charge in [0.1, 0.15) is 5.56 Å². The van der Waals surface area contributed by atoms with Crippen molar-refractivity contribution >= 4 is 5.97 Å². The number of hydrogen-bond donors (Lipinski definition) is 2. The number of methoxy groups -OCH3 is 1. The zero-order valence-electron chi connectivity index (χ0n) is 12.2. The van der Waals surface area contributed by atoms with Crippen molar-refractivity contribution < 1.29 is 14.6 Å². The zero-order chi connectivity index (χ0) is 15.2. The van der Waals surface area contributed by atoms with E-state index in [1.807, 2.05) is 24.3 Å². The lowest BCUT2D eigenvalue weighted by atomic mass is 10.1. The molecule has 2 rings (SSSR count). The maximum Gasteiger partial charge on any atom is 0.339 e. The van der Waals surface area contributed by atoms with Crippen LogP contribution in [0.3, 0.4) is 0 Å². The van der Waals surface area contributed by atoms with Crippen LogP contribution in [0, 0.1) is 0 Å². The molecule has 6 nitrogen and oxygen atoms in total. The van der Waals surface area contributed by atoms with E-state index in [0.29, 0.717) is 25.4 Å². The number of carboxylic acids is 1. The van der Waals surface area contributed by atoms with Gasteiger partial charge in [-0.2, -0.15) is 5.10 Å². The molecule has 0 atom stereocenters. The first kappa shape index (κ1) is 15.2. The van der Waals surface area contributed by atoms with Gasteiger partial charge in [0.15, 0.2) is 0 Å². The van der Waals surface area contributed by atoms with Crippen molar-refractivity contribution in [2.24, 2.45) is 7.05 Å². The van der Waals surface area contributed by atoms with Crippen molar-refractivity contribution in [1.82, 2.24) is 15.1 Å². The van der Waals surface area contributed by atoms with E-state index >= 15 is 0 Å². The lowest BCUT2D eigenvalue weighted by Crippen LogP contribution is -2.18. The molecule has 0 aliphatic rings. The third-order valence-electron chi connectivity index (χ3n) is 3.32. The molecule has 1 heterocycles. The molecule has 0 aliphatic heterocycles. The number of ether oxygens (including phenoxy) is 1. The van der Waals surface area contributed by atoms with E-state index in [1.54, 1.807) is 18.8 Å². The van der Waals surface area contributed by atoms with Gasteiger partial charge >= 0.3 is 5.97 Å². The highest BCUT2D eigenvalue weighted by Gasteiger charge is 2.14. The van der Waals surface area contributed by atoms with Crippen molar-refractivity contribution in [2.75, 3.05) is 7.11 Å². The first-order valence-corrected chi connectivity index (χ1v) is 6.64. The number of carbonyl (C=O) groups is 1. The smallest absolute Gasteiger partial charge is 0.339 e. The standard InChI is InChI=1S/C15H19N3O3/c1-18-14(13(8-17-18)15(19)20)9-16-7-11-5-3-4-6-12(11)10-21-2/h3-6,8,16H,7,9-10H2,1-2H3,(H,19,20). The number of nitrogens with zero attached hydrogens (tertiary/aromatic N) is 2. The van der Waals surface area contributed by atoms with Crippen LogP contribution >= 0.6 is 0 Å². The molecule has 0 spiro atoms. The second-order valence-electron chi connectivity index (χ2n) is 4.74.